The minimum atomic E-state index is -4.50. The van der Waals surface area contributed by atoms with Crippen molar-refractivity contribution in [2.45, 2.75) is 31.6 Å². The van der Waals surface area contributed by atoms with Crippen molar-refractivity contribution in [2.24, 2.45) is 0 Å². The fourth-order valence-electron chi connectivity index (χ4n) is 2.78. The first kappa shape index (κ1) is 19.2. The number of ether oxygens (including phenoxy) is 1. The predicted octanol–water partition coefficient (Wildman–Crippen LogP) is 3.88. The zero-order valence-electron chi connectivity index (χ0n) is 14.1. The molecule has 0 fully saturated rings. The van der Waals surface area contributed by atoms with Gasteiger partial charge in [-0.2, -0.15) is 18.3 Å². The van der Waals surface area contributed by atoms with Crippen molar-refractivity contribution < 1.29 is 27.5 Å². The Morgan fingerprint density at radius 2 is 2.00 bits per heavy atom. The molecule has 2 aromatic rings. The van der Waals surface area contributed by atoms with Crippen molar-refractivity contribution in [1.82, 2.24) is 9.78 Å². The molecular formula is C17H15ClF3N3O3. The Labute approximate surface area is 157 Å². The number of ketones is 1. The summed E-state index contributed by atoms with van der Waals surface area (Å²) in [7, 11) is 0. The van der Waals surface area contributed by atoms with Crippen LogP contribution in [0.1, 0.15) is 40.2 Å². The Morgan fingerprint density at radius 1 is 1.33 bits per heavy atom. The maximum atomic E-state index is 13.2. The molecule has 1 aliphatic heterocycles. The van der Waals surface area contributed by atoms with Crippen molar-refractivity contribution >= 4 is 29.2 Å². The summed E-state index contributed by atoms with van der Waals surface area (Å²) < 4.78 is 45.3. The van der Waals surface area contributed by atoms with E-state index in [-0.39, 0.29) is 17.9 Å². The molecule has 1 N–H and O–H groups in total. The second-order valence-electron chi connectivity index (χ2n) is 6.20. The maximum Gasteiger partial charge on any atom is 0.410 e. The van der Waals surface area contributed by atoms with E-state index in [9.17, 15) is 22.8 Å². The van der Waals surface area contributed by atoms with Crippen molar-refractivity contribution in [1.29, 1.82) is 0 Å². The molecule has 0 unspecified atom stereocenters. The summed E-state index contributed by atoms with van der Waals surface area (Å²) in [6.07, 6.45) is -4.70. The molecular weight excluding hydrogens is 387 g/mol. The number of hydrogen-bond donors (Lipinski definition) is 1. The average molecular weight is 402 g/mol. The third kappa shape index (κ3) is 4.24. The van der Waals surface area contributed by atoms with E-state index < -0.39 is 36.6 Å². The molecule has 3 rings (SSSR count). The Kier molecular flexibility index (Phi) is 5.14. The van der Waals surface area contributed by atoms with Crippen LogP contribution in [0.25, 0.3) is 0 Å². The van der Waals surface area contributed by atoms with Gasteiger partial charge in [-0.3, -0.25) is 4.79 Å². The smallest absolute Gasteiger partial charge is 0.410 e. The summed E-state index contributed by atoms with van der Waals surface area (Å²) in [5, 5.41) is 7.02. The van der Waals surface area contributed by atoms with Crippen LogP contribution in [0.3, 0.4) is 0 Å². The van der Waals surface area contributed by atoms with Gasteiger partial charge in [0.25, 0.3) is 0 Å². The number of hydrogen-bond acceptors (Lipinski definition) is 5. The van der Waals surface area contributed by atoms with Crippen LogP contribution in [0.2, 0.25) is 5.02 Å². The molecule has 0 aliphatic carbocycles. The third-order valence-corrected chi connectivity index (χ3v) is 4.34. The number of anilines is 1. The second-order valence-corrected chi connectivity index (χ2v) is 6.64. The minimum Gasteiger partial charge on any atom is -0.453 e. The summed E-state index contributed by atoms with van der Waals surface area (Å²) >= 11 is 5.73. The van der Waals surface area contributed by atoms with E-state index in [1.807, 2.05) is 0 Å². The molecule has 0 saturated heterocycles. The first-order chi connectivity index (χ1) is 12.6. The normalized spacial score (nSPS) is 19.1. The summed E-state index contributed by atoms with van der Waals surface area (Å²) in [6, 6.07) is 4.91. The van der Waals surface area contributed by atoms with Crippen LogP contribution in [0.5, 0.6) is 0 Å². The van der Waals surface area contributed by atoms with Gasteiger partial charge in [0.05, 0.1) is 0 Å². The zero-order chi connectivity index (χ0) is 19.8. The van der Waals surface area contributed by atoms with Crippen molar-refractivity contribution in [2.75, 3.05) is 11.9 Å². The molecule has 0 spiro atoms. The number of nitrogens with zero attached hydrogens (tertiary/aromatic N) is 2. The Balaban J connectivity index is 1.71. The van der Waals surface area contributed by atoms with Gasteiger partial charge in [-0.05, 0) is 37.6 Å². The van der Waals surface area contributed by atoms with Gasteiger partial charge in [-0.25, -0.2) is 9.48 Å². The molecule has 0 amide bonds. The van der Waals surface area contributed by atoms with Crippen LogP contribution in [0, 0.1) is 0 Å². The molecule has 1 aliphatic rings. The van der Waals surface area contributed by atoms with E-state index in [4.69, 9.17) is 16.3 Å². The molecule has 10 heteroatoms. The number of rotatable bonds is 4. The predicted molar refractivity (Wildman–Crippen MR) is 91.1 cm³/mol. The number of benzene rings is 1. The van der Waals surface area contributed by atoms with Gasteiger partial charge in [0, 0.05) is 22.7 Å². The quantitative estimate of drug-likeness (QED) is 0.621. The molecule has 0 radical (unpaired) electrons. The van der Waals surface area contributed by atoms with Crippen molar-refractivity contribution in [3.63, 3.8) is 0 Å². The standard InChI is InChI=1S/C17H15ClF3N3O3/c1-9-6-14(17(19,20)21)24-15(22-9)7-12(23-24)16(26)27-8-13(25)10-2-4-11(18)5-3-10/h2-5,7,9,14,22H,6,8H2,1H3/t9-,14-/m1/s1. The van der Waals surface area contributed by atoms with Gasteiger partial charge in [-0.15, -0.1) is 0 Å². The van der Waals surface area contributed by atoms with Crippen LogP contribution in [-0.4, -0.2) is 40.4 Å². The summed E-state index contributed by atoms with van der Waals surface area (Å²) in [6.45, 7) is 1.05. The molecule has 0 bridgehead atoms. The highest BCUT2D eigenvalue weighted by Gasteiger charge is 2.45. The van der Waals surface area contributed by atoms with Gasteiger partial charge in [0.2, 0.25) is 0 Å². The number of carbonyl (C=O) groups is 2. The van der Waals surface area contributed by atoms with Crippen LogP contribution < -0.4 is 5.32 Å². The molecule has 1 aromatic carbocycles. The third-order valence-electron chi connectivity index (χ3n) is 4.09. The van der Waals surface area contributed by atoms with Crippen molar-refractivity contribution in [3.8, 4) is 0 Å². The lowest BCUT2D eigenvalue weighted by Crippen LogP contribution is -2.37. The number of halogens is 4. The monoisotopic (exact) mass is 401 g/mol. The topological polar surface area (TPSA) is 73.2 Å². The van der Waals surface area contributed by atoms with E-state index in [2.05, 4.69) is 10.4 Å². The van der Waals surface area contributed by atoms with Gasteiger partial charge in [0.1, 0.15) is 5.82 Å². The Morgan fingerprint density at radius 3 is 2.63 bits per heavy atom. The molecule has 2 heterocycles. The minimum absolute atomic E-state index is 0.0760. The van der Waals surface area contributed by atoms with Crippen LogP contribution in [0.4, 0.5) is 19.0 Å². The Hall–Kier alpha value is -2.55. The molecule has 0 saturated carbocycles. The largest absolute Gasteiger partial charge is 0.453 e. The number of aromatic nitrogens is 2. The summed E-state index contributed by atoms with van der Waals surface area (Å²) in [5.74, 6) is -1.37. The fourth-order valence-corrected chi connectivity index (χ4v) is 2.91. The highest BCUT2D eigenvalue weighted by molar-refractivity contribution is 6.30. The first-order valence-corrected chi connectivity index (χ1v) is 8.41. The number of carbonyl (C=O) groups excluding carboxylic acids is 2. The maximum absolute atomic E-state index is 13.2. The average Bonchev–Trinajstić information content (AvgIpc) is 3.02. The zero-order valence-corrected chi connectivity index (χ0v) is 14.8. The number of Topliss-reactive ketones (excluding diaryl/α,β-unsaturated/α-hetero) is 1. The van der Waals surface area contributed by atoms with Gasteiger partial charge >= 0.3 is 12.1 Å². The molecule has 1 aromatic heterocycles. The molecule has 144 valence electrons. The van der Waals surface area contributed by atoms with Gasteiger partial charge < -0.3 is 10.1 Å². The van der Waals surface area contributed by atoms with Gasteiger partial charge in [0.15, 0.2) is 24.1 Å². The second kappa shape index (κ2) is 7.22. The molecule has 2 atom stereocenters. The van der Waals surface area contributed by atoms with E-state index in [0.29, 0.717) is 10.6 Å². The molecule has 27 heavy (non-hydrogen) atoms. The highest BCUT2D eigenvalue weighted by atomic mass is 35.5. The van der Waals surface area contributed by atoms with Crippen LogP contribution in [0.15, 0.2) is 30.3 Å². The van der Waals surface area contributed by atoms with E-state index in [0.717, 1.165) is 4.68 Å². The van der Waals surface area contributed by atoms with Crippen LogP contribution in [-0.2, 0) is 4.74 Å². The lowest BCUT2D eigenvalue weighted by atomic mass is 10.1. The Bertz CT molecular complexity index is 865. The number of alkyl halides is 3. The SMILES string of the molecule is C[C@@H]1C[C@H](C(F)(F)F)n2nc(C(=O)OCC(=O)c3ccc(Cl)cc3)cc2N1. The lowest BCUT2D eigenvalue weighted by molar-refractivity contribution is -0.173. The highest BCUT2D eigenvalue weighted by Crippen LogP contribution is 2.39. The van der Waals surface area contributed by atoms with E-state index in [1.54, 1.807) is 6.92 Å². The number of esters is 1. The van der Waals surface area contributed by atoms with Gasteiger partial charge in [-0.1, -0.05) is 11.6 Å². The summed E-state index contributed by atoms with van der Waals surface area (Å²) in [4.78, 5) is 24.1. The van der Waals surface area contributed by atoms with Crippen molar-refractivity contribution in [3.05, 3.63) is 46.6 Å². The van der Waals surface area contributed by atoms with E-state index >= 15 is 0 Å². The first-order valence-electron chi connectivity index (χ1n) is 8.04. The number of nitrogens with one attached hydrogen (secondary N) is 1. The fraction of sp³-hybridized carbons (Fsp3) is 0.353. The summed E-state index contributed by atoms with van der Waals surface area (Å²) in [5.41, 5.74) is -0.00582. The molecule has 6 nitrogen and oxygen atoms in total. The van der Waals surface area contributed by atoms with Crippen LogP contribution >= 0.6 is 11.6 Å². The van der Waals surface area contributed by atoms with E-state index in [1.165, 1.54) is 30.3 Å². The lowest BCUT2D eigenvalue weighted by Gasteiger charge is -2.31. The number of fused-ring (bicyclic) bond motifs is 1.